The molecule has 21 heavy (non-hydrogen) atoms. The van der Waals surface area contributed by atoms with Gasteiger partial charge in [-0.05, 0) is 30.2 Å². The van der Waals surface area contributed by atoms with E-state index in [1.807, 2.05) is 49.4 Å². The lowest BCUT2D eigenvalue weighted by Gasteiger charge is -2.07. The zero-order valence-electron chi connectivity index (χ0n) is 12.2. The predicted octanol–water partition coefficient (Wildman–Crippen LogP) is 3.41. The maximum atomic E-state index is 11.4. The van der Waals surface area contributed by atoms with Gasteiger partial charge in [-0.25, -0.2) is 0 Å². The average molecular weight is 284 g/mol. The van der Waals surface area contributed by atoms with Gasteiger partial charge in [-0.15, -0.1) is 0 Å². The van der Waals surface area contributed by atoms with Gasteiger partial charge in [-0.3, -0.25) is 4.79 Å². The molecular formula is C18H20O3. The third kappa shape index (κ3) is 5.30. The molecule has 0 saturated heterocycles. The molecule has 3 heteroatoms. The van der Waals surface area contributed by atoms with Crippen LogP contribution in [0.1, 0.15) is 18.1 Å². The molecule has 110 valence electrons. The van der Waals surface area contributed by atoms with Gasteiger partial charge in [-0.2, -0.15) is 0 Å². The number of benzene rings is 2. The highest BCUT2D eigenvalue weighted by Gasteiger charge is 2.04. The van der Waals surface area contributed by atoms with Crippen LogP contribution in [-0.4, -0.2) is 19.2 Å². The Labute approximate surface area is 125 Å². The van der Waals surface area contributed by atoms with Gasteiger partial charge < -0.3 is 9.47 Å². The molecule has 3 nitrogen and oxygen atoms in total. The van der Waals surface area contributed by atoms with Gasteiger partial charge in [0.25, 0.3) is 0 Å². The van der Waals surface area contributed by atoms with Crippen LogP contribution >= 0.6 is 0 Å². The largest absolute Gasteiger partial charge is 0.493 e. The van der Waals surface area contributed by atoms with Crippen LogP contribution in [0.4, 0.5) is 0 Å². The van der Waals surface area contributed by atoms with Gasteiger partial charge in [0.1, 0.15) is 5.75 Å². The lowest BCUT2D eigenvalue weighted by atomic mass is 10.1. The first-order valence-corrected chi connectivity index (χ1v) is 7.19. The first-order chi connectivity index (χ1) is 10.3. The molecule has 0 aromatic heterocycles. The molecule has 0 N–H and O–H groups in total. The number of hydrogen-bond acceptors (Lipinski definition) is 3. The van der Waals surface area contributed by atoms with Crippen LogP contribution in [-0.2, 0) is 22.4 Å². The minimum Gasteiger partial charge on any atom is -0.493 e. The molecule has 0 heterocycles. The van der Waals surface area contributed by atoms with E-state index in [1.54, 1.807) is 0 Å². The molecule has 2 rings (SSSR count). The molecule has 0 unspecified atom stereocenters. The number of esters is 1. The first kappa shape index (κ1) is 15.1. The van der Waals surface area contributed by atoms with Crippen molar-refractivity contribution in [3.63, 3.8) is 0 Å². The average Bonchev–Trinajstić information content (AvgIpc) is 2.50. The minimum atomic E-state index is -0.199. The molecule has 0 aliphatic heterocycles. The van der Waals surface area contributed by atoms with Crippen LogP contribution in [0, 0.1) is 0 Å². The third-order valence-corrected chi connectivity index (χ3v) is 3.08. The van der Waals surface area contributed by atoms with Crippen molar-refractivity contribution in [3.05, 3.63) is 65.7 Å². The van der Waals surface area contributed by atoms with Crippen molar-refractivity contribution in [2.75, 3.05) is 13.2 Å². The molecule has 2 aromatic carbocycles. The molecule has 0 spiro atoms. The normalized spacial score (nSPS) is 10.1. The molecule has 0 radical (unpaired) electrons. The highest BCUT2D eigenvalue weighted by molar-refractivity contribution is 5.72. The van der Waals surface area contributed by atoms with Crippen molar-refractivity contribution >= 4 is 5.97 Å². The fourth-order valence-corrected chi connectivity index (χ4v) is 2.01. The Morgan fingerprint density at radius 3 is 2.33 bits per heavy atom. The quantitative estimate of drug-likeness (QED) is 0.731. The number of carbonyl (C=O) groups is 1. The molecule has 0 aliphatic rings. The van der Waals surface area contributed by atoms with Gasteiger partial charge in [0.05, 0.1) is 19.6 Å². The van der Waals surface area contributed by atoms with Gasteiger partial charge >= 0.3 is 5.97 Å². The molecule has 0 aliphatic carbocycles. The molecule has 0 atom stereocenters. The molecule has 0 bridgehead atoms. The monoisotopic (exact) mass is 284 g/mol. The van der Waals surface area contributed by atoms with Gasteiger partial charge in [0, 0.05) is 6.42 Å². The van der Waals surface area contributed by atoms with Crippen molar-refractivity contribution in [3.8, 4) is 5.75 Å². The van der Waals surface area contributed by atoms with Crippen molar-refractivity contribution in [1.29, 1.82) is 0 Å². The third-order valence-electron chi connectivity index (χ3n) is 3.08. The van der Waals surface area contributed by atoms with Crippen molar-refractivity contribution in [2.45, 2.75) is 19.8 Å². The summed E-state index contributed by atoms with van der Waals surface area (Å²) in [6.07, 6.45) is 1.18. The topological polar surface area (TPSA) is 35.5 Å². The Morgan fingerprint density at radius 2 is 1.67 bits per heavy atom. The van der Waals surface area contributed by atoms with E-state index in [-0.39, 0.29) is 5.97 Å². The van der Waals surface area contributed by atoms with Crippen LogP contribution in [0.2, 0.25) is 0 Å². The van der Waals surface area contributed by atoms with E-state index in [0.29, 0.717) is 19.6 Å². The number of rotatable bonds is 7. The Morgan fingerprint density at radius 1 is 0.952 bits per heavy atom. The second-order valence-corrected chi connectivity index (χ2v) is 4.71. The van der Waals surface area contributed by atoms with Crippen LogP contribution in [0.15, 0.2) is 54.6 Å². The van der Waals surface area contributed by atoms with Crippen molar-refractivity contribution in [1.82, 2.24) is 0 Å². The fraction of sp³-hybridized carbons (Fsp3) is 0.278. The second kappa shape index (κ2) is 8.10. The lowest BCUT2D eigenvalue weighted by molar-refractivity contribution is -0.142. The summed E-state index contributed by atoms with van der Waals surface area (Å²) < 4.78 is 10.6. The molecule has 0 amide bonds. The van der Waals surface area contributed by atoms with Gasteiger partial charge in [0.2, 0.25) is 0 Å². The van der Waals surface area contributed by atoms with E-state index >= 15 is 0 Å². The summed E-state index contributed by atoms with van der Waals surface area (Å²) in [6.45, 7) is 2.86. The van der Waals surface area contributed by atoms with E-state index in [1.165, 1.54) is 5.56 Å². The number of carbonyl (C=O) groups excluding carboxylic acids is 1. The highest BCUT2D eigenvalue weighted by Crippen LogP contribution is 2.13. The maximum absolute atomic E-state index is 11.4. The molecule has 0 fully saturated rings. The summed E-state index contributed by atoms with van der Waals surface area (Å²) in [6, 6.07) is 17.8. The zero-order valence-corrected chi connectivity index (χ0v) is 12.2. The van der Waals surface area contributed by atoms with Gasteiger partial charge in [-0.1, -0.05) is 42.5 Å². The van der Waals surface area contributed by atoms with Crippen LogP contribution < -0.4 is 4.74 Å². The molecule has 0 saturated carbocycles. The molecular weight excluding hydrogens is 264 g/mol. The Balaban J connectivity index is 1.78. The number of ether oxygens (including phenoxy) is 2. The van der Waals surface area contributed by atoms with Crippen molar-refractivity contribution < 1.29 is 14.3 Å². The Kier molecular flexibility index (Phi) is 5.83. The van der Waals surface area contributed by atoms with Crippen LogP contribution in [0.25, 0.3) is 0 Å². The van der Waals surface area contributed by atoms with Crippen molar-refractivity contribution in [2.24, 2.45) is 0 Å². The van der Waals surface area contributed by atoms with E-state index in [4.69, 9.17) is 9.47 Å². The van der Waals surface area contributed by atoms with E-state index in [0.717, 1.165) is 17.7 Å². The van der Waals surface area contributed by atoms with E-state index < -0.39 is 0 Å². The summed E-state index contributed by atoms with van der Waals surface area (Å²) in [4.78, 5) is 11.4. The Hall–Kier alpha value is -2.29. The number of hydrogen-bond donors (Lipinski definition) is 0. The SMILES string of the molecule is CCOC(=O)Cc1ccc(OCCc2ccccc2)cc1. The van der Waals surface area contributed by atoms with Crippen LogP contribution in [0.3, 0.4) is 0 Å². The second-order valence-electron chi connectivity index (χ2n) is 4.71. The standard InChI is InChI=1S/C18H20O3/c1-2-20-18(19)14-16-8-10-17(11-9-16)21-13-12-15-6-4-3-5-7-15/h3-11H,2,12-14H2,1H3. The predicted molar refractivity (Wildman–Crippen MR) is 82.4 cm³/mol. The summed E-state index contributed by atoms with van der Waals surface area (Å²) in [5.74, 6) is 0.619. The summed E-state index contributed by atoms with van der Waals surface area (Å²) in [7, 11) is 0. The summed E-state index contributed by atoms with van der Waals surface area (Å²) in [5.41, 5.74) is 2.19. The summed E-state index contributed by atoms with van der Waals surface area (Å²) in [5, 5.41) is 0. The van der Waals surface area contributed by atoms with Gasteiger partial charge in [0.15, 0.2) is 0 Å². The van der Waals surface area contributed by atoms with E-state index in [2.05, 4.69) is 12.1 Å². The minimum absolute atomic E-state index is 0.199. The summed E-state index contributed by atoms with van der Waals surface area (Å²) >= 11 is 0. The zero-order chi connectivity index (χ0) is 14.9. The van der Waals surface area contributed by atoms with E-state index in [9.17, 15) is 4.79 Å². The smallest absolute Gasteiger partial charge is 0.310 e. The Bertz CT molecular complexity index is 546. The maximum Gasteiger partial charge on any atom is 0.310 e. The lowest BCUT2D eigenvalue weighted by Crippen LogP contribution is -2.07. The fourth-order valence-electron chi connectivity index (χ4n) is 2.01. The highest BCUT2D eigenvalue weighted by atomic mass is 16.5. The molecule has 2 aromatic rings. The van der Waals surface area contributed by atoms with Crippen LogP contribution in [0.5, 0.6) is 5.75 Å². The first-order valence-electron chi connectivity index (χ1n) is 7.19.